The van der Waals surface area contributed by atoms with Crippen LogP contribution in [0.1, 0.15) is 46.2 Å². The number of aromatic nitrogens is 2. The van der Waals surface area contributed by atoms with E-state index < -0.39 is 0 Å². The van der Waals surface area contributed by atoms with Crippen molar-refractivity contribution in [1.82, 2.24) is 14.1 Å². The Morgan fingerprint density at radius 2 is 1.52 bits per heavy atom. The van der Waals surface area contributed by atoms with Crippen LogP contribution in [0.25, 0.3) is 0 Å². The van der Waals surface area contributed by atoms with Crippen molar-refractivity contribution in [1.29, 1.82) is 0 Å². The van der Waals surface area contributed by atoms with Crippen molar-refractivity contribution in [3.05, 3.63) is 81.9 Å². The molecule has 0 amide bonds. The average Bonchev–Trinajstić information content (AvgIpc) is 3.07. The summed E-state index contributed by atoms with van der Waals surface area (Å²) < 4.78 is 5.83. The molecule has 4 rings (SSSR count). The molecule has 0 spiro atoms. The molecule has 3 nitrogen and oxygen atoms in total. The van der Waals surface area contributed by atoms with E-state index >= 15 is 0 Å². The third-order valence-electron chi connectivity index (χ3n) is 4.80. The fraction of sp³-hybridized carbons (Fsp3) is 0.263. The van der Waals surface area contributed by atoms with Gasteiger partial charge in [-0.25, -0.2) is 0 Å². The van der Waals surface area contributed by atoms with Crippen molar-refractivity contribution >= 4 is 14.7 Å². The number of benzene rings is 2. The Bertz CT molecular complexity index is 785. The van der Waals surface area contributed by atoms with Gasteiger partial charge in [-0.05, 0) is 0 Å². The van der Waals surface area contributed by atoms with Crippen LogP contribution >= 0.6 is 0 Å². The van der Waals surface area contributed by atoms with Gasteiger partial charge in [0.2, 0.25) is 0 Å². The summed E-state index contributed by atoms with van der Waals surface area (Å²) >= 11 is 0.125. The quantitative estimate of drug-likeness (QED) is 0.649. The molecule has 1 aromatic heterocycles. The van der Waals surface area contributed by atoms with Gasteiger partial charge in [0.1, 0.15) is 0 Å². The second kappa shape index (κ2) is 6.04. The summed E-state index contributed by atoms with van der Waals surface area (Å²) in [5, 5.41) is 4.53. The topological polar surface area (TPSA) is 29.0 Å². The van der Waals surface area contributed by atoms with Crippen molar-refractivity contribution in [3.8, 4) is 0 Å². The van der Waals surface area contributed by atoms with Crippen LogP contribution in [-0.4, -0.2) is 35.9 Å². The zero-order valence-corrected chi connectivity index (χ0v) is 15.0. The molecule has 2 aromatic carbocycles. The number of hydrogen-bond acceptors (Lipinski definition) is 3. The second-order valence-corrected chi connectivity index (χ2v) is 7.79. The van der Waals surface area contributed by atoms with Gasteiger partial charge in [0.25, 0.3) is 0 Å². The van der Waals surface area contributed by atoms with Gasteiger partial charge < -0.3 is 0 Å². The second-order valence-electron chi connectivity index (χ2n) is 6.15. The van der Waals surface area contributed by atoms with Crippen LogP contribution in [0.5, 0.6) is 0 Å². The number of fused-ring (bicyclic) bond motifs is 1. The van der Waals surface area contributed by atoms with Gasteiger partial charge >= 0.3 is 143 Å². The van der Waals surface area contributed by atoms with Crippen molar-refractivity contribution in [2.45, 2.75) is 24.9 Å². The van der Waals surface area contributed by atoms with Crippen LogP contribution in [0, 0.1) is 0 Å². The van der Waals surface area contributed by atoms with Gasteiger partial charge in [0.05, 0.1) is 0 Å². The molecule has 116 valence electrons. The first-order chi connectivity index (χ1) is 11.3. The number of likely N-dealkylation sites (N-methyl/N-ethyl adjacent to an activating group) is 1. The van der Waals surface area contributed by atoms with E-state index in [1.165, 1.54) is 21.3 Å². The van der Waals surface area contributed by atoms with Gasteiger partial charge in [-0.3, -0.25) is 0 Å². The Morgan fingerprint density at radius 3 is 2.17 bits per heavy atom. The predicted octanol–water partition coefficient (Wildman–Crippen LogP) is 3.41. The molecule has 1 aliphatic heterocycles. The first-order valence-electron chi connectivity index (χ1n) is 7.91. The normalized spacial score (nSPS) is 24.3. The fourth-order valence-electron chi connectivity index (χ4n) is 3.75. The molecule has 0 N–H and O–H groups in total. The minimum absolute atomic E-state index is 0.125. The zero-order chi connectivity index (χ0) is 15.8. The summed E-state index contributed by atoms with van der Waals surface area (Å²) in [6, 6.07) is 22.1. The van der Waals surface area contributed by atoms with Crippen LogP contribution < -0.4 is 0 Å². The summed E-state index contributed by atoms with van der Waals surface area (Å²) in [5.74, 6) is 0.366. The van der Waals surface area contributed by atoms with E-state index in [2.05, 4.69) is 88.7 Å². The zero-order valence-electron chi connectivity index (χ0n) is 13.3. The number of nitrogens with zero attached hydrogens (tertiary/aromatic N) is 3. The SMILES string of the molecule is CC1c2nn[se]c2C(c2ccccc2)N(C)C1c1ccccc1. The van der Waals surface area contributed by atoms with E-state index in [1.807, 2.05) is 0 Å². The summed E-state index contributed by atoms with van der Waals surface area (Å²) in [5.41, 5.74) is 3.90. The Morgan fingerprint density at radius 1 is 0.913 bits per heavy atom. The molecular formula is C19H19N3Se. The summed E-state index contributed by atoms with van der Waals surface area (Å²) in [6.45, 7) is 2.28. The van der Waals surface area contributed by atoms with Crippen molar-refractivity contribution < 1.29 is 0 Å². The standard InChI is InChI=1S/C19H19N3Se/c1-13-16-19(23-21-20-16)18(15-11-7-4-8-12-15)22(2)17(13)14-9-5-3-6-10-14/h3-13,17-18H,1-2H3. The molecule has 4 heteroatoms. The predicted molar refractivity (Wildman–Crippen MR) is 92.6 cm³/mol. The molecule has 0 bridgehead atoms. The Kier molecular flexibility index (Phi) is 3.90. The monoisotopic (exact) mass is 369 g/mol. The molecule has 0 saturated heterocycles. The maximum atomic E-state index is 4.53. The summed E-state index contributed by atoms with van der Waals surface area (Å²) in [4.78, 5) is 2.51. The summed E-state index contributed by atoms with van der Waals surface area (Å²) in [7, 11) is 2.24. The first kappa shape index (κ1) is 14.8. The van der Waals surface area contributed by atoms with Crippen molar-refractivity contribution in [2.24, 2.45) is 0 Å². The minimum atomic E-state index is 0.125. The summed E-state index contributed by atoms with van der Waals surface area (Å²) in [6.07, 6.45) is 0. The van der Waals surface area contributed by atoms with Gasteiger partial charge in [0, 0.05) is 0 Å². The van der Waals surface area contributed by atoms with Gasteiger partial charge in [-0.1, -0.05) is 0 Å². The fourth-order valence-corrected chi connectivity index (χ4v) is 5.72. The molecule has 23 heavy (non-hydrogen) atoms. The van der Waals surface area contributed by atoms with E-state index in [0.29, 0.717) is 12.0 Å². The Hall–Kier alpha value is -1.74. The average molecular weight is 368 g/mol. The molecule has 3 aromatic rings. The molecule has 2 heterocycles. The van der Waals surface area contributed by atoms with Gasteiger partial charge in [-0.15, -0.1) is 0 Å². The van der Waals surface area contributed by atoms with Crippen LogP contribution in [-0.2, 0) is 0 Å². The maximum absolute atomic E-state index is 4.53. The molecule has 3 unspecified atom stereocenters. The van der Waals surface area contributed by atoms with E-state index in [-0.39, 0.29) is 20.8 Å². The number of rotatable bonds is 2. The van der Waals surface area contributed by atoms with Crippen molar-refractivity contribution in [3.63, 3.8) is 0 Å². The van der Waals surface area contributed by atoms with E-state index in [1.54, 1.807) is 0 Å². The molecular weight excluding hydrogens is 349 g/mol. The van der Waals surface area contributed by atoms with Crippen LogP contribution in [0.3, 0.4) is 0 Å². The Balaban J connectivity index is 1.86. The van der Waals surface area contributed by atoms with Crippen LogP contribution in [0.15, 0.2) is 60.7 Å². The van der Waals surface area contributed by atoms with Gasteiger partial charge in [0.15, 0.2) is 0 Å². The van der Waals surface area contributed by atoms with Crippen LogP contribution in [0.2, 0.25) is 0 Å². The number of hydrogen-bond donors (Lipinski definition) is 0. The molecule has 0 aliphatic carbocycles. The molecule has 3 atom stereocenters. The Labute approximate surface area is 143 Å². The first-order valence-corrected chi connectivity index (χ1v) is 9.53. The molecule has 0 radical (unpaired) electrons. The van der Waals surface area contributed by atoms with Gasteiger partial charge in [-0.2, -0.15) is 0 Å². The third kappa shape index (κ3) is 2.47. The molecule has 0 saturated carbocycles. The van der Waals surface area contributed by atoms with Crippen LogP contribution in [0.4, 0.5) is 0 Å². The molecule has 1 aliphatic rings. The third-order valence-corrected chi connectivity index (χ3v) is 6.46. The van der Waals surface area contributed by atoms with E-state index in [4.69, 9.17) is 0 Å². The van der Waals surface area contributed by atoms with E-state index in [0.717, 1.165) is 0 Å². The van der Waals surface area contributed by atoms with Crippen molar-refractivity contribution in [2.75, 3.05) is 7.05 Å². The molecule has 0 fully saturated rings. The van der Waals surface area contributed by atoms with E-state index in [9.17, 15) is 0 Å².